The number of pyridine rings is 1. The second kappa shape index (κ2) is 7.25. The summed E-state index contributed by atoms with van der Waals surface area (Å²) in [6, 6.07) is 3.89. The van der Waals surface area contributed by atoms with Gasteiger partial charge in [0.1, 0.15) is 0 Å². The number of anilines is 1. The summed E-state index contributed by atoms with van der Waals surface area (Å²) in [5.41, 5.74) is 1.80. The number of methoxy groups -OCH3 is 1. The Hall–Kier alpha value is -1.13. The van der Waals surface area contributed by atoms with Crippen LogP contribution in [0.15, 0.2) is 18.3 Å². The molecule has 1 aromatic heterocycles. The Morgan fingerprint density at radius 2 is 2.18 bits per heavy atom. The lowest BCUT2D eigenvalue weighted by atomic mass is 10.2. The van der Waals surface area contributed by atoms with E-state index in [4.69, 9.17) is 4.74 Å². The number of likely N-dealkylation sites (N-methyl/N-ethyl adjacent to an activating group) is 1. The molecule has 0 spiro atoms. The van der Waals surface area contributed by atoms with Crippen molar-refractivity contribution in [2.45, 2.75) is 26.4 Å². The molecule has 4 nitrogen and oxygen atoms in total. The van der Waals surface area contributed by atoms with Crippen LogP contribution >= 0.6 is 0 Å². The van der Waals surface area contributed by atoms with Gasteiger partial charge in [-0.1, -0.05) is 6.92 Å². The van der Waals surface area contributed by atoms with Gasteiger partial charge < -0.3 is 14.7 Å². The molecule has 1 atom stereocenters. The zero-order valence-corrected chi connectivity index (χ0v) is 10.9. The number of aliphatic hydroxyl groups is 1. The third kappa shape index (κ3) is 3.98. The third-order valence-electron chi connectivity index (χ3n) is 2.81. The molecule has 0 aliphatic heterocycles. The summed E-state index contributed by atoms with van der Waals surface area (Å²) >= 11 is 0. The summed E-state index contributed by atoms with van der Waals surface area (Å²) in [5, 5.41) is 9.66. The molecule has 1 rings (SSSR count). The fraction of sp³-hybridized carbons (Fsp3) is 0.615. The molecular formula is C13H22N2O2. The normalized spacial score (nSPS) is 12.5. The van der Waals surface area contributed by atoms with Crippen LogP contribution in [-0.2, 0) is 4.74 Å². The zero-order valence-electron chi connectivity index (χ0n) is 10.9. The second-order valence-corrected chi connectivity index (χ2v) is 3.94. The molecule has 96 valence electrons. The largest absolute Gasteiger partial charge is 0.387 e. The van der Waals surface area contributed by atoms with Crippen LogP contribution in [0.25, 0.3) is 0 Å². The summed E-state index contributed by atoms with van der Waals surface area (Å²) in [4.78, 5) is 6.49. The van der Waals surface area contributed by atoms with Gasteiger partial charge in [0.15, 0.2) is 0 Å². The van der Waals surface area contributed by atoms with E-state index in [2.05, 4.69) is 16.8 Å². The molecule has 17 heavy (non-hydrogen) atoms. The van der Waals surface area contributed by atoms with Crippen LogP contribution in [0.5, 0.6) is 0 Å². The van der Waals surface area contributed by atoms with Crippen LogP contribution in [0.3, 0.4) is 0 Å². The molecule has 0 amide bonds. The first-order valence-corrected chi connectivity index (χ1v) is 6.10. The van der Waals surface area contributed by atoms with Crippen LogP contribution < -0.4 is 4.90 Å². The van der Waals surface area contributed by atoms with Gasteiger partial charge >= 0.3 is 0 Å². The molecule has 1 heterocycles. The fourth-order valence-corrected chi connectivity index (χ4v) is 1.66. The molecule has 1 unspecified atom stereocenters. The molecule has 0 aliphatic rings. The maximum Gasteiger partial charge on any atom is 0.0957 e. The minimum Gasteiger partial charge on any atom is -0.387 e. The van der Waals surface area contributed by atoms with E-state index >= 15 is 0 Å². The number of aromatic nitrogens is 1. The van der Waals surface area contributed by atoms with Crippen molar-refractivity contribution in [3.05, 3.63) is 24.0 Å². The highest BCUT2D eigenvalue weighted by Gasteiger charge is 2.08. The molecule has 0 saturated heterocycles. The Balaban J connectivity index is 2.70. The predicted octanol–water partition coefficient (Wildman–Crippen LogP) is 2.00. The first-order valence-electron chi connectivity index (χ1n) is 6.10. The molecule has 1 N–H and O–H groups in total. The molecule has 0 aromatic carbocycles. The molecule has 4 heteroatoms. The van der Waals surface area contributed by atoms with Crippen molar-refractivity contribution in [1.82, 2.24) is 4.98 Å². The van der Waals surface area contributed by atoms with E-state index in [9.17, 15) is 5.11 Å². The standard InChI is InChI=1S/C13H22N2O2/c1-4-13(16)12-7-6-11(10-14-12)15(5-2)8-9-17-3/h6-7,10,13,16H,4-5,8-9H2,1-3H3. The van der Waals surface area contributed by atoms with Crippen molar-refractivity contribution >= 4 is 5.69 Å². The van der Waals surface area contributed by atoms with Gasteiger partial charge in [0, 0.05) is 20.2 Å². The minimum absolute atomic E-state index is 0.460. The number of hydrogen-bond donors (Lipinski definition) is 1. The average molecular weight is 238 g/mol. The van der Waals surface area contributed by atoms with Crippen LogP contribution in [0.4, 0.5) is 5.69 Å². The Morgan fingerprint density at radius 3 is 2.65 bits per heavy atom. The first kappa shape index (κ1) is 13.9. The van der Waals surface area contributed by atoms with Crippen molar-refractivity contribution in [3.63, 3.8) is 0 Å². The number of aliphatic hydroxyl groups excluding tert-OH is 1. The van der Waals surface area contributed by atoms with Crippen molar-refractivity contribution in [3.8, 4) is 0 Å². The van der Waals surface area contributed by atoms with Gasteiger partial charge in [0.2, 0.25) is 0 Å². The monoisotopic (exact) mass is 238 g/mol. The van der Waals surface area contributed by atoms with Crippen LogP contribution in [0, 0.1) is 0 Å². The zero-order chi connectivity index (χ0) is 12.7. The molecule has 0 fully saturated rings. The van der Waals surface area contributed by atoms with Crippen molar-refractivity contribution in [2.24, 2.45) is 0 Å². The summed E-state index contributed by atoms with van der Waals surface area (Å²) in [5.74, 6) is 0. The van der Waals surface area contributed by atoms with Crippen molar-refractivity contribution in [2.75, 3.05) is 31.7 Å². The lowest BCUT2D eigenvalue weighted by Crippen LogP contribution is -2.26. The highest BCUT2D eigenvalue weighted by molar-refractivity contribution is 5.44. The van der Waals surface area contributed by atoms with Crippen LogP contribution in [0.1, 0.15) is 32.1 Å². The minimum atomic E-state index is -0.460. The summed E-state index contributed by atoms with van der Waals surface area (Å²) in [7, 11) is 1.70. The highest BCUT2D eigenvalue weighted by Crippen LogP contribution is 2.18. The summed E-state index contributed by atoms with van der Waals surface area (Å²) < 4.78 is 5.07. The molecule has 0 bridgehead atoms. The third-order valence-corrected chi connectivity index (χ3v) is 2.81. The van der Waals surface area contributed by atoms with Gasteiger partial charge in [-0.25, -0.2) is 0 Å². The second-order valence-electron chi connectivity index (χ2n) is 3.94. The van der Waals surface area contributed by atoms with E-state index in [1.54, 1.807) is 7.11 Å². The summed E-state index contributed by atoms with van der Waals surface area (Å²) in [6.45, 7) is 6.51. The van der Waals surface area contributed by atoms with Gasteiger partial charge in [-0.3, -0.25) is 4.98 Å². The molecule has 1 aromatic rings. The topological polar surface area (TPSA) is 45.6 Å². The Kier molecular flexibility index (Phi) is 5.94. The maximum atomic E-state index is 9.66. The number of ether oxygens (including phenoxy) is 1. The van der Waals surface area contributed by atoms with Gasteiger partial charge in [0.05, 0.1) is 30.3 Å². The van der Waals surface area contributed by atoms with E-state index in [0.29, 0.717) is 13.0 Å². The Morgan fingerprint density at radius 1 is 1.41 bits per heavy atom. The molecular weight excluding hydrogens is 216 g/mol. The molecule has 0 aliphatic carbocycles. The maximum absolute atomic E-state index is 9.66. The lowest BCUT2D eigenvalue weighted by Gasteiger charge is -2.22. The van der Waals surface area contributed by atoms with Gasteiger partial charge in [0.25, 0.3) is 0 Å². The summed E-state index contributed by atoms with van der Waals surface area (Å²) in [6.07, 6.45) is 2.04. The first-order chi connectivity index (χ1) is 8.22. The van der Waals surface area contributed by atoms with E-state index in [-0.39, 0.29) is 0 Å². The van der Waals surface area contributed by atoms with Crippen molar-refractivity contribution in [1.29, 1.82) is 0 Å². The van der Waals surface area contributed by atoms with Crippen LogP contribution in [0.2, 0.25) is 0 Å². The van der Waals surface area contributed by atoms with E-state index in [0.717, 1.165) is 24.5 Å². The van der Waals surface area contributed by atoms with Gasteiger partial charge in [-0.05, 0) is 25.5 Å². The number of hydrogen-bond acceptors (Lipinski definition) is 4. The van der Waals surface area contributed by atoms with Crippen molar-refractivity contribution < 1.29 is 9.84 Å². The number of rotatable bonds is 7. The molecule has 0 saturated carbocycles. The fourth-order valence-electron chi connectivity index (χ4n) is 1.66. The lowest BCUT2D eigenvalue weighted by molar-refractivity contribution is 0.169. The predicted molar refractivity (Wildman–Crippen MR) is 69.3 cm³/mol. The average Bonchev–Trinajstić information content (AvgIpc) is 2.39. The quantitative estimate of drug-likeness (QED) is 0.789. The van der Waals surface area contributed by atoms with E-state index in [1.807, 2.05) is 25.3 Å². The van der Waals surface area contributed by atoms with E-state index in [1.165, 1.54) is 0 Å². The smallest absolute Gasteiger partial charge is 0.0957 e. The highest BCUT2D eigenvalue weighted by atomic mass is 16.5. The number of nitrogens with zero attached hydrogens (tertiary/aromatic N) is 2. The van der Waals surface area contributed by atoms with Crippen LogP contribution in [-0.4, -0.2) is 36.9 Å². The van der Waals surface area contributed by atoms with Gasteiger partial charge in [-0.15, -0.1) is 0 Å². The van der Waals surface area contributed by atoms with E-state index < -0.39 is 6.10 Å². The Bertz CT molecular complexity index is 314. The molecule has 0 radical (unpaired) electrons. The Labute approximate surface area is 103 Å². The SMILES string of the molecule is CCC(O)c1ccc(N(CC)CCOC)cn1. The van der Waals surface area contributed by atoms with Gasteiger partial charge in [-0.2, -0.15) is 0 Å².